The van der Waals surface area contributed by atoms with E-state index >= 15 is 0 Å². The number of sulfone groups is 1. The maximum absolute atomic E-state index is 11.8. The Labute approximate surface area is 91.6 Å². The van der Waals surface area contributed by atoms with Gasteiger partial charge in [0.15, 0.2) is 9.84 Å². The smallest absolute Gasteiger partial charge is 0.178 e. The standard InChI is InChI=1S/C12H16O2S/c1-3-4-5-10-15(13,14)12-8-6-11(2)7-9-12/h3-4,6-9H,5,10H2,1-2H3/b4-3+. The van der Waals surface area contributed by atoms with Crippen LogP contribution in [-0.4, -0.2) is 14.2 Å². The first-order chi connectivity index (χ1) is 7.06. The molecule has 2 nitrogen and oxygen atoms in total. The van der Waals surface area contributed by atoms with E-state index in [0.29, 0.717) is 11.3 Å². The summed E-state index contributed by atoms with van der Waals surface area (Å²) in [5, 5.41) is 0. The van der Waals surface area contributed by atoms with Crippen molar-refractivity contribution in [3.8, 4) is 0 Å². The van der Waals surface area contributed by atoms with Crippen LogP contribution in [0.5, 0.6) is 0 Å². The van der Waals surface area contributed by atoms with Gasteiger partial charge in [0.2, 0.25) is 0 Å². The third-order valence-corrected chi connectivity index (χ3v) is 3.93. The molecule has 0 radical (unpaired) electrons. The fourth-order valence-corrected chi connectivity index (χ4v) is 2.49. The molecule has 0 aliphatic rings. The van der Waals surface area contributed by atoms with Crippen LogP contribution in [0.2, 0.25) is 0 Å². The van der Waals surface area contributed by atoms with Gasteiger partial charge in [0, 0.05) is 0 Å². The molecule has 0 aliphatic carbocycles. The first kappa shape index (κ1) is 12.0. The van der Waals surface area contributed by atoms with Crippen molar-refractivity contribution in [1.29, 1.82) is 0 Å². The average Bonchev–Trinajstić information content (AvgIpc) is 2.18. The molecule has 0 saturated carbocycles. The van der Waals surface area contributed by atoms with Gasteiger partial charge < -0.3 is 0 Å². The Hall–Kier alpha value is -1.09. The van der Waals surface area contributed by atoms with E-state index in [1.54, 1.807) is 12.1 Å². The van der Waals surface area contributed by atoms with Crippen molar-refractivity contribution >= 4 is 9.84 Å². The van der Waals surface area contributed by atoms with Gasteiger partial charge in [-0.2, -0.15) is 0 Å². The van der Waals surface area contributed by atoms with Gasteiger partial charge in [-0.3, -0.25) is 0 Å². The van der Waals surface area contributed by atoms with Gasteiger partial charge in [-0.25, -0.2) is 8.42 Å². The summed E-state index contributed by atoms with van der Waals surface area (Å²) in [6.45, 7) is 3.83. The number of allylic oxidation sites excluding steroid dienone is 2. The maximum Gasteiger partial charge on any atom is 0.178 e. The van der Waals surface area contributed by atoms with Gasteiger partial charge in [-0.1, -0.05) is 29.8 Å². The zero-order valence-electron chi connectivity index (χ0n) is 9.10. The Morgan fingerprint density at radius 2 is 1.80 bits per heavy atom. The van der Waals surface area contributed by atoms with E-state index in [1.807, 2.05) is 38.1 Å². The highest BCUT2D eigenvalue weighted by molar-refractivity contribution is 7.91. The Balaban J connectivity index is 2.82. The van der Waals surface area contributed by atoms with E-state index in [4.69, 9.17) is 0 Å². The van der Waals surface area contributed by atoms with Crippen molar-refractivity contribution in [2.75, 3.05) is 5.75 Å². The van der Waals surface area contributed by atoms with Crippen molar-refractivity contribution < 1.29 is 8.42 Å². The molecule has 3 heteroatoms. The molecule has 0 atom stereocenters. The van der Waals surface area contributed by atoms with E-state index in [9.17, 15) is 8.42 Å². The Kier molecular flexibility index (Phi) is 4.09. The lowest BCUT2D eigenvalue weighted by atomic mass is 10.2. The van der Waals surface area contributed by atoms with Gasteiger partial charge in [0.25, 0.3) is 0 Å². The molecule has 0 aliphatic heterocycles. The van der Waals surface area contributed by atoms with E-state index in [-0.39, 0.29) is 5.75 Å². The highest BCUT2D eigenvalue weighted by atomic mass is 32.2. The highest BCUT2D eigenvalue weighted by Crippen LogP contribution is 2.13. The second kappa shape index (κ2) is 5.12. The van der Waals surface area contributed by atoms with Crippen LogP contribution in [0.3, 0.4) is 0 Å². The lowest BCUT2D eigenvalue weighted by molar-refractivity contribution is 0.595. The van der Waals surface area contributed by atoms with E-state index in [2.05, 4.69) is 0 Å². The van der Waals surface area contributed by atoms with Crippen LogP contribution in [0.25, 0.3) is 0 Å². The molecule has 0 saturated heterocycles. The fraction of sp³-hybridized carbons (Fsp3) is 0.333. The van der Waals surface area contributed by atoms with Crippen molar-refractivity contribution in [1.82, 2.24) is 0 Å². The molecule has 1 aromatic carbocycles. The summed E-state index contributed by atoms with van der Waals surface area (Å²) >= 11 is 0. The number of hydrogen-bond acceptors (Lipinski definition) is 2. The third kappa shape index (κ3) is 3.51. The quantitative estimate of drug-likeness (QED) is 0.737. The van der Waals surface area contributed by atoms with Crippen molar-refractivity contribution in [3.63, 3.8) is 0 Å². The summed E-state index contributed by atoms with van der Waals surface area (Å²) < 4.78 is 23.6. The topological polar surface area (TPSA) is 34.1 Å². The van der Waals surface area contributed by atoms with Crippen molar-refractivity contribution in [2.24, 2.45) is 0 Å². The first-order valence-corrected chi connectivity index (χ1v) is 6.62. The van der Waals surface area contributed by atoms with Crippen molar-refractivity contribution in [3.05, 3.63) is 42.0 Å². The maximum atomic E-state index is 11.8. The van der Waals surface area contributed by atoms with Crippen LogP contribution in [0.15, 0.2) is 41.3 Å². The molecule has 82 valence electrons. The van der Waals surface area contributed by atoms with Gasteiger partial charge in [0.1, 0.15) is 0 Å². The lowest BCUT2D eigenvalue weighted by Crippen LogP contribution is -2.05. The molecule has 1 aromatic rings. The molecular formula is C12H16O2S. The molecule has 0 aromatic heterocycles. The van der Waals surface area contributed by atoms with Crippen LogP contribution in [0, 0.1) is 6.92 Å². The summed E-state index contributed by atoms with van der Waals surface area (Å²) in [7, 11) is -3.10. The molecule has 0 amide bonds. The van der Waals surface area contributed by atoms with Gasteiger partial charge >= 0.3 is 0 Å². The first-order valence-electron chi connectivity index (χ1n) is 4.97. The van der Waals surface area contributed by atoms with Crippen LogP contribution in [0.1, 0.15) is 18.9 Å². The molecule has 0 unspecified atom stereocenters. The number of benzene rings is 1. The summed E-state index contributed by atoms with van der Waals surface area (Å²) in [5.74, 6) is 0.181. The van der Waals surface area contributed by atoms with E-state index in [0.717, 1.165) is 5.56 Å². The summed E-state index contributed by atoms with van der Waals surface area (Å²) in [5.41, 5.74) is 1.07. The van der Waals surface area contributed by atoms with Gasteiger partial charge in [0.05, 0.1) is 10.6 Å². The van der Waals surface area contributed by atoms with Crippen molar-refractivity contribution in [2.45, 2.75) is 25.2 Å². The SMILES string of the molecule is C/C=C/CCS(=O)(=O)c1ccc(C)cc1. The minimum Gasteiger partial charge on any atom is -0.224 e. The van der Waals surface area contributed by atoms with Crippen LogP contribution in [-0.2, 0) is 9.84 Å². The third-order valence-electron chi connectivity index (χ3n) is 2.17. The Morgan fingerprint density at radius 1 is 1.20 bits per heavy atom. The zero-order valence-corrected chi connectivity index (χ0v) is 9.92. The molecule has 1 rings (SSSR count). The van der Waals surface area contributed by atoms with Crippen LogP contribution in [0.4, 0.5) is 0 Å². The van der Waals surface area contributed by atoms with E-state index < -0.39 is 9.84 Å². The normalized spacial score (nSPS) is 12.1. The largest absolute Gasteiger partial charge is 0.224 e. The van der Waals surface area contributed by atoms with Gasteiger partial charge in [-0.05, 0) is 32.4 Å². The predicted molar refractivity (Wildman–Crippen MR) is 62.7 cm³/mol. The summed E-state index contributed by atoms with van der Waals surface area (Å²) in [6.07, 6.45) is 4.31. The minimum atomic E-state index is -3.10. The number of aryl methyl sites for hydroxylation is 1. The highest BCUT2D eigenvalue weighted by Gasteiger charge is 2.12. The van der Waals surface area contributed by atoms with Crippen LogP contribution < -0.4 is 0 Å². The molecule has 0 N–H and O–H groups in total. The second-order valence-electron chi connectivity index (χ2n) is 3.49. The lowest BCUT2D eigenvalue weighted by Gasteiger charge is -2.02. The Morgan fingerprint density at radius 3 is 2.33 bits per heavy atom. The van der Waals surface area contributed by atoms with Gasteiger partial charge in [-0.15, -0.1) is 0 Å². The monoisotopic (exact) mass is 224 g/mol. The predicted octanol–water partition coefficient (Wildman–Crippen LogP) is 2.73. The minimum absolute atomic E-state index is 0.181. The molecule has 0 spiro atoms. The van der Waals surface area contributed by atoms with E-state index in [1.165, 1.54) is 0 Å². The molecule has 0 heterocycles. The molecule has 15 heavy (non-hydrogen) atoms. The zero-order chi connectivity index (χ0) is 11.3. The number of hydrogen-bond donors (Lipinski definition) is 0. The summed E-state index contributed by atoms with van der Waals surface area (Å²) in [4.78, 5) is 0.414. The second-order valence-corrected chi connectivity index (χ2v) is 5.60. The fourth-order valence-electron chi connectivity index (χ4n) is 1.25. The molecule has 0 bridgehead atoms. The number of rotatable bonds is 4. The average molecular weight is 224 g/mol. The molecular weight excluding hydrogens is 208 g/mol. The molecule has 0 fully saturated rings. The summed E-state index contributed by atoms with van der Waals surface area (Å²) in [6, 6.07) is 6.98. The van der Waals surface area contributed by atoms with Crippen LogP contribution >= 0.6 is 0 Å². The Bertz CT molecular complexity index is 427.